The van der Waals surface area contributed by atoms with Crippen molar-refractivity contribution < 1.29 is 9.21 Å². The molecule has 1 aromatic heterocycles. The van der Waals surface area contributed by atoms with Crippen molar-refractivity contribution in [3.63, 3.8) is 0 Å². The Morgan fingerprint density at radius 1 is 1.10 bits per heavy atom. The summed E-state index contributed by atoms with van der Waals surface area (Å²) in [6.07, 6.45) is 4.08. The van der Waals surface area contributed by atoms with Gasteiger partial charge in [-0.25, -0.2) is 4.99 Å². The molecule has 1 saturated heterocycles. The highest BCUT2D eigenvalue weighted by molar-refractivity contribution is 14.0. The smallest absolute Gasteiger partial charge is 0.242 e. The molecule has 3 rings (SSSR count). The Morgan fingerprint density at radius 3 is 2.53 bits per heavy atom. The first kappa shape index (κ1) is 24.2. The molecule has 0 radical (unpaired) electrons. The summed E-state index contributed by atoms with van der Waals surface area (Å²) >= 11 is 0. The summed E-state index contributed by atoms with van der Waals surface area (Å²) in [5, 5.41) is 9.46. The van der Waals surface area contributed by atoms with Crippen LogP contribution < -0.4 is 16.0 Å². The van der Waals surface area contributed by atoms with Gasteiger partial charge >= 0.3 is 0 Å². The van der Waals surface area contributed by atoms with E-state index in [0.717, 1.165) is 31.9 Å². The molecule has 1 atom stereocenters. The Bertz CT molecular complexity index is 761. The summed E-state index contributed by atoms with van der Waals surface area (Å²) in [6, 6.07) is 14.5. The van der Waals surface area contributed by atoms with E-state index >= 15 is 0 Å². The van der Waals surface area contributed by atoms with E-state index in [1.54, 1.807) is 12.3 Å². The van der Waals surface area contributed by atoms with Gasteiger partial charge in [0.15, 0.2) is 5.96 Å². The standard InChI is InChI=1S/C22H31N5O2.HI/c1-2-23-22(26-17-21(28)24-15-19-11-8-14-29-19)25-16-20(27-12-6-7-13-27)18-9-4-3-5-10-18;/h3-5,8-11,14,20H,2,6-7,12-13,15-17H2,1H3,(H,24,28)(H2,23,25,26);1H. The van der Waals surface area contributed by atoms with Crippen LogP contribution in [0.2, 0.25) is 0 Å². The SMILES string of the molecule is CCNC(=NCC(=O)NCc1ccco1)NCC(c1ccccc1)N1CCCC1.I. The fourth-order valence-electron chi connectivity index (χ4n) is 3.53. The summed E-state index contributed by atoms with van der Waals surface area (Å²) in [5.74, 6) is 1.24. The summed E-state index contributed by atoms with van der Waals surface area (Å²) in [4.78, 5) is 19.0. The maximum atomic E-state index is 12.1. The third-order valence-corrected chi connectivity index (χ3v) is 4.99. The van der Waals surface area contributed by atoms with E-state index < -0.39 is 0 Å². The molecule has 1 amide bonds. The van der Waals surface area contributed by atoms with Crippen LogP contribution in [0.1, 0.15) is 37.1 Å². The van der Waals surface area contributed by atoms with Crippen molar-refractivity contribution in [3.05, 3.63) is 60.1 Å². The van der Waals surface area contributed by atoms with Crippen molar-refractivity contribution in [2.45, 2.75) is 32.4 Å². The normalized spacial score (nSPS) is 15.3. The van der Waals surface area contributed by atoms with E-state index in [2.05, 4.69) is 50.1 Å². The van der Waals surface area contributed by atoms with Crippen LogP contribution in [-0.2, 0) is 11.3 Å². The van der Waals surface area contributed by atoms with Gasteiger partial charge in [0.05, 0.1) is 18.8 Å². The van der Waals surface area contributed by atoms with Crippen LogP contribution >= 0.6 is 24.0 Å². The zero-order valence-corrected chi connectivity index (χ0v) is 19.8. The second-order valence-corrected chi connectivity index (χ2v) is 7.10. The van der Waals surface area contributed by atoms with Crippen molar-refractivity contribution in [2.75, 3.05) is 32.7 Å². The lowest BCUT2D eigenvalue weighted by Crippen LogP contribution is -2.43. The minimum atomic E-state index is -0.141. The summed E-state index contributed by atoms with van der Waals surface area (Å²) in [5.41, 5.74) is 1.30. The maximum absolute atomic E-state index is 12.1. The maximum Gasteiger partial charge on any atom is 0.242 e. The number of furan rings is 1. The first-order valence-corrected chi connectivity index (χ1v) is 10.4. The lowest BCUT2D eigenvalue weighted by molar-refractivity contribution is -0.119. The molecule has 2 aromatic rings. The van der Waals surface area contributed by atoms with E-state index in [4.69, 9.17) is 4.42 Å². The Hall–Kier alpha value is -2.07. The quantitative estimate of drug-likeness (QED) is 0.267. The molecule has 1 aliphatic rings. The highest BCUT2D eigenvalue weighted by Gasteiger charge is 2.23. The van der Waals surface area contributed by atoms with Crippen molar-refractivity contribution >= 4 is 35.8 Å². The predicted octanol–water partition coefficient (Wildman–Crippen LogP) is 2.91. The number of nitrogens with one attached hydrogen (secondary N) is 3. The van der Waals surface area contributed by atoms with Crippen molar-refractivity contribution in [1.29, 1.82) is 0 Å². The number of guanidine groups is 1. The van der Waals surface area contributed by atoms with Gasteiger partial charge in [-0.2, -0.15) is 0 Å². The van der Waals surface area contributed by atoms with E-state index in [1.165, 1.54) is 18.4 Å². The Balaban J connectivity index is 0.00000320. The van der Waals surface area contributed by atoms with Gasteiger partial charge < -0.3 is 20.4 Å². The fourth-order valence-corrected chi connectivity index (χ4v) is 3.53. The molecule has 164 valence electrons. The van der Waals surface area contributed by atoms with Crippen LogP contribution in [0.25, 0.3) is 0 Å². The second kappa shape index (κ2) is 13.3. The third kappa shape index (κ3) is 7.64. The number of hydrogen-bond acceptors (Lipinski definition) is 4. The van der Waals surface area contributed by atoms with E-state index in [0.29, 0.717) is 12.5 Å². The number of nitrogens with zero attached hydrogens (tertiary/aromatic N) is 2. The van der Waals surface area contributed by atoms with Gasteiger partial charge in [-0.15, -0.1) is 24.0 Å². The van der Waals surface area contributed by atoms with Gasteiger partial charge in [-0.1, -0.05) is 30.3 Å². The fraction of sp³-hybridized carbons (Fsp3) is 0.455. The third-order valence-electron chi connectivity index (χ3n) is 4.99. The van der Waals surface area contributed by atoms with Gasteiger partial charge in [-0.3, -0.25) is 9.69 Å². The van der Waals surface area contributed by atoms with Crippen LogP contribution in [-0.4, -0.2) is 49.5 Å². The van der Waals surface area contributed by atoms with E-state index in [-0.39, 0.29) is 42.5 Å². The highest BCUT2D eigenvalue weighted by Crippen LogP contribution is 2.24. The minimum absolute atomic E-state index is 0. The number of rotatable bonds is 9. The molecule has 0 saturated carbocycles. The van der Waals surface area contributed by atoms with Gasteiger partial charge in [0.25, 0.3) is 0 Å². The number of benzene rings is 1. The average molecular weight is 525 g/mol. The van der Waals surface area contributed by atoms with Crippen LogP contribution in [0, 0.1) is 0 Å². The Kier molecular flexibility index (Phi) is 10.7. The molecule has 30 heavy (non-hydrogen) atoms. The molecule has 0 spiro atoms. The summed E-state index contributed by atoms with van der Waals surface area (Å²) in [7, 11) is 0. The molecule has 7 nitrogen and oxygen atoms in total. The molecule has 1 aromatic carbocycles. The first-order valence-electron chi connectivity index (χ1n) is 10.4. The molecule has 1 unspecified atom stereocenters. The molecule has 1 aliphatic heterocycles. The number of hydrogen-bond donors (Lipinski definition) is 3. The number of aliphatic imine (C=N–C) groups is 1. The lowest BCUT2D eigenvalue weighted by atomic mass is 10.1. The molecular weight excluding hydrogens is 493 g/mol. The molecule has 1 fully saturated rings. The lowest BCUT2D eigenvalue weighted by Gasteiger charge is -2.29. The number of halogens is 1. The molecular formula is C22H32IN5O2. The first-order chi connectivity index (χ1) is 14.3. The molecule has 8 heteroatoms. The van der Waals surface area contributed by atoms with Crippen LogP contribution in [0.3, 0.4) is 0 Å². The van der Waals surface area contributed by atoms with Gasteiger partial charge in [0, 0.05) is 13.1 Å². The molecule has 0 aliphatic carbocycles. The van der Waals surface area contributed by atoms with Gasteiger partial charge in [0.1, 0.15) is 12.3 Å². The van der Waals surface area contributed by atoms with Crippen molar-refractivity contribution in [2.24, 2.45) is 4.99 Å². The van der Waals surface area contributed by atoms with Crippen LogP contribution in [0.15, 0.2) is 58.1 Å². The molecule has 0 bridgehead atoms. The van der Waals surface area contributed by atoms with Crippen LogP contribution in [0.4, 0.5) is 0 Å². The average Bonchev–Trinajstić information content (AvgIpc) is 3.46. The number of likely N-dealkylation sites (tertiary alicyclic amines) is 1. The van der Waals surface area contributed by atoms with E-state index in [1.807, 2.05) is 19.1 Å². The highest BCUT2D eigenvalue weighted by atomic mass is 127. The molecule has 2 heterocycles. The molecule has 3 N–H and O–H groups in total. The summed E-state index contributed by atoms with van der Waals surface area (Å²) in [6.45, 7) is 6.16. The zero-order chi connectivity index (χ0) is 20.3. The van der Waals surface area contributed by atoms with Gasteiger partial charge in [0.2, 0.25) is 5.91 Å². The zero-order valence-electron chi connectivity index (χ0n) is 17.5. The number of carbonyl (C=O) groups excluding carboxylic acids is 1. The minimum Gasteiger partial charge on any atom is -0.467 e. The second-order valence-electron chi connectivity index (χ2n) is 7.10. The topological polar surface area (TPSA) is 81.9 Å². The predicted molar refractivity (Wildman–Crippen MR) is 130 cm³/mol. The Labute approximate surface area is 195 Å². The van der Waals surface area contributed by atoms with Crippen molar-refractivity contribution in [1.82, 2.24) is 20.9 Å². The van der Waals surface area contributed by atoms with Crippen LogP contribution in [0.5, 0.6) is 0 Å². The number of carbonyl (C=O) groups is 1. The van der Waals surface area contributed by atoms with E-state index in [9.17, 15) is 4.79 Å². The monoisotopic (exact) mass is 525 g/mol. The van der Waals surface area contributed by atoms with Gasteiger partial charge in [-0.05, 0) is 50.6 Å². The van der Waals surface area contributed by atoms with Crippen molar-refractivity contribution in [3.8, 4) is 0 Å². The number of amides is 1. The Morgan fingerprint density at radius 2 is 1.87 bits per heavy atom. The summed E-state index contributed by atoms with van der Waals surface area (Å²) < 4.78 is 5.22. The largest absolute Gasteiger partial charge is 0.467 e.